The molecule has 0 aliphatic rings. The van der Waals surface area contributed by atoms with E-state index in [1.807, 2.05) is 0 Å². The molecule has 0 aliphatic carbocycles. The fraction of sp³-hybridized carbons (Fsp3) is 0.231. The van der Waals surface area contributed by atoms with E-state index in [4.69, 9.17) is 6.42 Å². The van der Waals surface area contributed by atoms with Crippen LogP contribution in [0.15, 0.2) is 54.6 Å². The van der Waals surface area contributed by atoms with Crippen molar-refractivity contribution in [3.63, 3.8) is 0 Å². The van der Waals surface area contributed by atoms with Crippen LogP contribution in [0, 0.1) is 24.2 Å². The topological polar surface area (TPSA) is 96.7 Å². The molecule has 0 amide bonds. The molecular formula is C26H24F2NO5P. The van der Waals surface area contributed by atoms with Crippen molar-refractivity contribution in [3.8, 4) is 34.9 Å². The minimum absolute atomic E-state index is 0.00466. The molecule has 182 valence electrons. The number of pyridine rings is 1. The van der Waals surface area contributed by atoms with Crippen molar-refractivity contribution in [3.05, 3.63) is 77.5 Å². The van der Waals surface area contributed by atoms with Gasteiger partial charge >= 0.3 is 5.97 Å². The standard InChI is InChI=1S/C26H24F2NO5P/c1-4-34-20(31)14-19(30)26(35(32)33)22-21(16-10-12-18(27)13-11-16)23(28)25(29-24(22)15(2)3)17-8-6-5-7-9-17/h1,5-13,15,19,26,30,35H,14H2,2-3H3,(H,32,33). The van der Waals surface area contributed by atoms with Crippen LogP contribution < -0.4 is 0 Å². The maximum atomic E-state index is 16.2. The van der Waals surface area contributed by atoms with Crippen LogP contribution in [0.3, 0.4) is 0 Å². The molecule has 0 spiro atoms. The maximum absolute atomic E-state index is 16.2. The number of aliphatic hydroxyl groups excluding tert-OH is 1. The summed E-state index contributed by atoms with van der Waals surface area (Å²) in [5.74, 6) is -2.73. The van der Waals surface area contributed by atoms with Gasteiger partial charge in [0.2, 0.25) is 0 Å². The van der Waals surface area contributed by atoms with E-state index in [2.05, 4.69) is 9.72 Å². The van der Waals surface area contributed by atoms with Crippen LogP contribution in [0.1, 0.15) is 43.1 Å². The summed E-state index contributed by atoms with van der Waals surface area (Å²) < 4.78 is 46.9. The Balaban J connectivity index is 2.38. The smallest absolute Gasteiger partial charge is 0.322 e. The third-order valence-electron chi connectivity index (χ3n) is 5.44. The quantitative estimate of drug-likeness (QED) is 0.251. The Morgan fingerprint density at radius 2 is 1.74 bits per heavy atom. The lowest BCUT2D eigenvalue weighted by Crippen LogP contribution is -2.24. The monoisotopic (exact) mass is 499 g/mol. The SMILES string of the molecule is C#COC(=O)CC(O)C(c1c(C(C)C)nc(-c2ccccc2)c(F)c1-c1ccc(F)cc1)[PH](=O)O. The van der Waals surface area contributed by atoms with Crippen LogP contribution in [-0.4, -0.2) is 27.1 Å². The van der Waals surface area contributed by atoms with E-state index in [1.165, 1.54) is 12.1 Å². The number of aromatic nitrogens is 1. The molecule has 0 saturated heterocycles. The zero-order valence-electron chi connectivity index (χ0n) is 19.0. The Labute approximate surface area is 202 Å². The van der Waals surface area contributed by atoms with Gasteiger partial charge in [-0.3, -0.25) is 9.36 Å². The number of rotatable bonds is 8. The Hall–Kier alpha value is -3.37. The first-order chi connectivity index (χ1) is 16.6. The van der Waals surface area contributed by atoms with Gasteiger partial charge in [-0.15, -0.1) is 0 Å². The molecule has 3 aromatic rings. The number of esters is 1. The molecule has 0 fully saturated rings. The van der Waals surface area contributed by atoms with E-state index in [1.54, 1.807) is 50.3 Å². The van der Waals surface area contributed by atoms with Crippen molar-refractivity contribution in [2.24, 2.45) is 0 Å². The summed E-state index contributed by atoms with van der Waals surface area (Å²) in [7, 11) is -3.61. The lowest BCUT2D eigenvalue weighted by molar-refractivity contribution is -0.139. The van der Waals surface area contributed by atoms with Crippen LogP contribution in [0.5, 0.6) is 0 Å². The van der Waals surface area contributed by atoms with Crippen molar-refractivity contribution in [2.45, 2.75) is 37.9 Å². The Morgan fingerprint density at radius 1 is 1.11 bits per heavy atom. The maximum Gasteiger partial charge on any atom is 0.322 e. The molecule has 3 unspecified atom stereocenters. The molecule has 0 saturated carbocycles. The summed E-state index contributed by atoms with van der Waals surface area (Å²) in [6.45, 7) is 3.52. The number of hydrogen-bond donors (Lipinski definition) is 2. The van der Waals surface area contributed by atoms with Crippen LogP contribution in [0.25, 0.3) is 22.4 Å². The number of carbonyl (C=O) groups is 1. The summed E-state index contributed by atoms with van der Waals surface area (Å²) in [5.41, 5.74) is -0.781. The zero-order chi connectivity index (χ0) is 25.7. The van der Waals surface area contributed by atoms with Crippen LogP contribution >= 0.6 is 8.03 Å². The normalized spacial score (nSPS) is 13.7. The lowest BCUT2D eigenvalue weighted by atomic mass is 9.88. The average molecular weight is 499 g/mol. The minimum atomic E-state index is -3.61. The number of hydrogen-bond acceptors (Lipinski definition) is 5. The van der Waals surface area contributed by atoms with Gasteiger partial charge in [0.25, 0.3) is 0 Å². The van der Waals surface area contributed by atoms with E-state index < -0.39 is 43.8 Å². The highest BCUT2D eigenvalue weighted by atomic mass is 31.1. The number of aliphatic hydroxyl groups is 1. The Bertz CT molecular complexity index is 1270. The molecule has 35 heavy (non-hydrogen) atoms. The largest absolute Gasteiger partial charge is 0.391 e. The zero-order valence-corrected chi connectivity index (χ0v) is 20.0. The molecule has 0 aliphatic heterocycles. The highest BCUT2D eigenvalue weighted by molar-refractivity contribution is 7.38. The van der Waals surface area contributed by atoms with Gasteiger partial charge in [0.1, 0.15) is 17.6 Å². The van der Waals surface area contributed by atoms with Crippen LogP contribution in [0.4, 0.5) is 8.78 Å². The van der Waals surface area contributed by atoms with Crippen molar-refractivity contribution in [1.29, 1.82) is 0 Å². The van der Waals surface area contributed by atoms with Crippen molar-refractivity contribution in [1.82, 2.24) is 4.98 Å². The second-order valence-electron chi connectivity index (χ2n) is 8.16. The molecule has 2 N–H and O–H groups in total. The summed E-state index contributed by atoms with van der Waals surface area (Å²) in [5, 5.41) is 10.8. The number of halogens is 2. The van der Waals surface area contributed by atoms with Gasteiger partial charge in [-0.2, -0.15) is 0 Å². The molecule has 1 heterocycles. The fourth-order valence-electron chi connectivity index (χ4n) is 3.91. The number of ether oxygens (including phenoxy) is 1. The number of benzene rings is 2. The van der Waals surface area contributed by atoms with Gasteiger partial charge < -0.3 is 14.7 Å². The third kappa shape index (κ3) is 5.83. The molecule has 0 radical (unpaired) electrons. The Morgan fingerprint density at radius 3 is 2.29 bits per heavy atom. The highest BCUT2D eigenvalue weighted by Gasteiger charge is 2.36. The lowest BCUT2D eigenvalue weighted by Gasteiger charge is -2.27. The van der Waals surface area contributed by atoms with Gasteiger partial charge in [0.05, 0.1) is 18.2 Å². The van der Waals surface area contributed by atoms with Gasteiger partial charge in [-0.05, 0) is 29.2 Å². The number of carbonyl (C=O) groups excluding carboxylic acids is 1. The number of nitrogens with zero attached hydrogens (tertiary/aromatic N) is 1. The Kier molecular flexibility index (Phi) is 8.52. The second-order valence-corrected chi connectivity index (χ2v) is 9.45. The number of terminal acetylenes is 1. The molecule has 0 bridgehead atoms. The van der Waals surface area contributed by atoms with E-state index in [-0.39, 0.29) is 34.0 Å². The van der Waals surface area contributed by atoms with Crippen molar-refractivity contribution < 1.29 is 32.9 Å². The molecule has 1 aromatic heterocycles. The summed E-state index contributed by atoms with van der Waals surface area (Å²) >= 11 is 0. The van der Waals surface area contributed by atoms with Crippen LogP contribution in [0.2, 0.25) is 0 Å². The van der Waals surface area contributed by atoms with E-state index in [0.29, 0.717) is 5.56 Å². The highest BCUT2D eigenvalue weighted by Crippen LogP contribution is 2.49. The third-order valence-corrected chi connectivity index (χ3v) is 6.65. The predicted molar refractivity (Wildman–Crippen MR) is 129 cm³/mol. The second kappa shape index (κ2) is 11.4. The van der Waals surface area contributed by atoms with Crippen LogP contribution in [-0.2, 0) is 14.1 Å². The van der Waals surface area contributed by atoms with Gasteiger partial charge in [-0.1, -0.05) is 62.7 Å². The first kappa shape index (κ1) is 26.2. The van der Waals surface area contributed by atoms with E-state index in [0.717, 1.165) is 12.1 Å². The molecule has 3 atom stereocenters. The molecule has 2 aromatic carbocycles. The molecule has 3 rings (SSSR count). The van der Waals surface area contributed by atoms with E-state index in [9.17, 15) is 23.7 Å². The molecule has 9 heteroatoms. The first-order valence-electron chi connectivity index (χ1n) is 10.8. The van der Waals surface area contributed by atoms with Crippen molar-refractivity contribution in [2.75, 3.05) is 0 Å². The predicted octanol–water partition coefficient (Wildman–Crippen LogP) is 5.21. The summed E-state index contributed by atoms with van der Waals surface area (Å²) in [6, 6.07) is 13.5. The molecule has 6 nitrogen and oxygen atoms in total. The molecular weight excluding hydrogens is 475 g/mol. The summed E-state index contributed by atoms with van der Waals surface area (Å²) in [6.07, 6.45) is 4.21. The van der Waals surface area contributed by atoms with Gasteiger partial charge in [0.15, 0.2) is 13.8 Å². The van der Waals surface area contributed by atoms with Gasteiger partial charge in [0, 0.05) is 16.8 Å². The summed E-state index contributed by atoms with van der Waals surface area (Å²) in [4.78, 5) is 26.7. The fourth-order valence-corrected chi connectivity index (χ4v) is 4.90. The van der Waals surface area contributed by atoms with Crippen molar-refractivity contribution >= 4 is 14.0 Å². The van der Waals surface area contributed by atoms with Gasteiger partial charge in [-0.25, -0.2) is 13.8 Å². The minimum Gasteiger partial charge on any atom is -0.391 e. The first-order valence-corrected chi connectivity index (χ1v) is 12.2. The van der Waals surface area contributed by atoms with E-state index >= 15 is 4.39 Å². The average Bonchev–Trinajstić information content (AvgIpc) is 2.80.